The first kappa shape index (κ1) is 51.9. The van der Waals surface area contributed by atoms with Crippen molar-refractivity contribution in [1.29, 1.82) is 0 Å². The number of benzene rings is 6. The summed E-state index contributed by atoms with van der Waals surface area (Å²) >= 11 is 0. The first-order valence-electron chi connectivity index (χ1n) is 21.0. The molecular weight excluding hydrogens is 876 g/mol. The van der Waals surface area contributed by atoms with Crippen molar-refractivity contribution in [2.75, 3.05) is 0 Å². The predicted molar refractivity (Wildman–Crippen MR) is 266 cm³/mol. The molecule has 0 saturated heterocycles. The Morgan fingerprint density at radius 2 is 0.692 bits per heavy atom. The molecule has 340 valence electrons. The first-order chi connectivity index (χ1) is 31.0. The van der Waals surface area contributed by atoms with E-state index in [4.69, 9.17) is 14.9 Å². The zero-order chi connectivity index (χ0) is 47.6. The topological polar surface area (TPSA) is 138 Å². The second-order valence-electron chi connectivity index (χ2n) is 15.0. The minimum absolute atomic E-state index is 0.0502. The molecule has 6 aromatic carbocycles. The Bertz CT molecular complexity index is 2670. The maximum absolute atomic E-state index is 13.0. The van der Waals surface area contributed by atoms with Gasteiger partial charge in [0.2, 0.25) is 0 Å². The summed E-state index contributed by atoms with van der Waals surface area (Å²) < 4.78 is 53.1. The lowest BCUT2D eigenvalue weighted by Crippen LogP contribution is -2.19. The van der Waals surface area contributed by atoms with E-state index in [2.05, 4.69) is 0 Å². The largest absolute Gasteiger partial charge is 0.385 e. The molecule has 6 rings (SSSR count). The van der Waals surface area contributed by atoms with Gasteiger partial charge in [-0.05, 0) is 110 Å². The zero-order valence-corrected chi connectivity index (χ0v) is 39.8. The van der Waals surface area contributed by atoms with Crippen LogP contribution in [0.2, 0.25) is 0 Å². The maximum atomic E-state index is 13.0. The summed E-state index contributed by atoms with van der Waals surface area (Å²) in [6.45, 7) is 11.5. The summed E-state index contributed by atoms with van der Waals surface area (Å²) in [5.41, 5.74) is 8.61. The van der Waals surface area contributed by atoms with Crippen molar-refractivity contribution in [3.8, 4) is 0 Å². The lowest BCUT2D eigenvalue weighted by molar-refractivity contribution is 0.0172. The van der Waals surface area contributed by atoms with Crippen LogP contribution in [0.4, 0.5) is 0 Å². The smallest absolute Gasteiger partial charge is 0.297 e. The van der Waals surface area contributed by atoms with Gasteiger partial charge < -0.3 is 15.3 Å². The molecule has 0 heterocycles. The van der Waals surface area contributed by atoms with Crippen molar-refractivity contribution < 1.29 is 36.3 Å². The van der Waals surface area contributed by atoms with E-state index in [9.17, 15) is 32.2 Å². The Balaban J connectivity index is 0.000000241. The molecule has 0 spiro atoms. The minimum atomic E-state index is -4.10. The molecule has 0 radical (unpaired) electrons. The van der Waals surface area contributed by atoms with Crippen LogP contribution in [-0.4, -0.2) is 32.2 Å². The number of aryl methyl sites for hydroxylation is 2. The summed E-state index contributed by atoms with van der Waals surface area (Å²) in [6, 6.07) is 42.5. The van der Waals surface area contributed by atoms with Gasteiger partial charge in [-0.2, -0.15) is 8.42 Å². The van der Waals surface area contributed by atoms with E-state index < -0.39 is 43.6 Å². The Labute approximate surface area is 389 Å². The summed E-state index contributed by atoms with van der Waals surface area (Å²) in [5, 5.41) is 31.9. The van der Waals surface area contributed by atoms with E-state index in [1.807, 2.05) is 163 Å². The van der Waals surface area contributed by atoms with Gasteiger partial charge in [-0.25, -0.2) is 8.42 Å². The second-order valence-corrected chi connectivity index (χ2v) is 19.2. The summed E-state index contributed by atoms with van der Waals surface area (Å²) in [6.07, 6.45) is 11.5. The lowest BCUT2D eigenvalue weighted by Gasteiger charge is -2.24. The molecule has 6 aromatic rings. The molecule has 0 aliphatic heterocycles. The molecule has 4 unspecified atom stereocenters. The number of allylic oxidation sites excluding steroid dienone is 4. The second kappa shape index (κ2) is 25.1. The number of hydrogen-bond acceptors (Lipinski definition) is 8. The van der Waals surface area contributed by atoms with Gasteiger partial charge in [0.05, 0.1) is 9.79 Å². The van der Waals surface area contributed by atoms with E-state index in [1.54, 1.807) is 48.5 Å². The van der Waals surface area contributed by atoms with E-state index in [-0.39, 0.29) is 9.79 Å². The predicted octanol–water partition coefficient (Wildman–Crippen LogP) is 12.7. The SMILES string of the molecule is C/C=C/c1ccc(C(O)C(O)c2ccc(/C=C/C)cc2)cc1.C/C=C/c1ccc(C(O)C(OS(=O)(=O)c2ccc(C)cc2)c2ccc(/C=C/C)cc2)cc1.Cc1ccc(S(=O)(=O)Cl)cc1. The highest BCUT2D eigenvalue weighted by atomic mass is 35.7. The molecule has 0 saturated carbocycles. The molecule has 0 aromatic heterocycles. The van der Waals surface area contributed by atoms with Crippen molar-refractivity contribution in [1.82, 2.24) is 0 Å². The van der Waals surface area contributed by atoms with Crippen LogP contribution in [0.3, 0.4) is 0 Å². The van der Waals surface area contributed by atoms with Crippen LogP contribution in [0, 0.1) is 13.8 Å². The maximum Gasteiger partial charge on any atom is 0.297 e. The van der Waals surface area contributed by atoms with E-state index in [1.165, 1.54) is 24.3 Å². The fourth-order valence-corrected chi connectivity index (χ4v) is 8.25. The molecule has 0 aliphatic carbocycles. The third-order valence-corrected chi connectivity index (χ3v) is 12.6. The molecule has 0 amide bonds. The van der Waals surface area contributed by atoms with Crippen LogP contribution in [0.5, 0.6) is 0 Å². The van der Waals surface area contributed by atoms with Crippen LogP contribution in [0.15, 0.2) is 180 Å². The van der Waals surface area contributed by atoms with Crippen LogP contribution >= 0.6 is 10.7 Å². The van der Waals surface area contributed by atoms with Gasteiger partial charge in [0.25, 0.3) is 19.2 Å². The molecule has 11 heteroatoms. The third kappa shape index (κ3) is 16.1. The molecule has 0 bridgehead atoms. The molecule has 3 N–H and O–H groups in total. The standard InChI is InChI=1S/C27H28O4S.C20H22O2.C7H7ClO2S/c1-4-6-21-10-14-23(15-11-21)26(28)27(24-16-12-22(7-5-2)13-17-24)31-32(29,30)25-18-8-20(3)9-19-25;1-3-5-15-7-11-17(12-8-15)19(21)20(22)18-13-9-16(6-4-2)10-14-18;1-6-2-4-7(5-3-6)11(8,9)10/h4-19,26-28H,1-3H3;3-14,19-22H,1-2H3;2-5H,1H3/b6-4+,7-5+;5-3+,6-4+;. The minimum Gasteiger partial charge on any atom is -0.385 e. The van der Waals surface area contributed by atoms with E-state index >= 15 is 0 Å². The Kier molecular flexibility index (Phi) is 20.1. The van der Waals surface area contributed by atoms with Crippen molar-refractivity contribution in [2.24, 2.45) is 0 Å². The van der Waals surface area contributed by atoms with Crippen molar-refractivity contribution >= 4 is 54.2 Å². The number of halogens is 1. The van der Waals surface area contributed by atoms with E-state index in [0.717, 1.165) is 33.4 Å². The highest BCUT2D eigenvalue weighted by Gasteiger charge is 2.30. The number of aliphatic hydroxyl groups is 3. The molecule has 0 aliphatic rings. The van der Waals surface area contributed by atoms with Gasteiger partial charge >= 0.3 is 0 Å². The lowest BCUT2D eigenvalue weighted by atomic mass is 9.97. The van der Waals surface area contributed by atoms with Crippen molar-refractivity contribution in [3.05, 3.63) is 226 Å². The fourth-order valence-electron chi connectivity index (χ4n) is 6.41. The summed E-state index contributed by atoms with van der Waals surface area (Å²) in [7, 11) is -2.56. The quantitative estimate of drug-likeness (QED) is 0.0725. The number of rotatable bonds is 14. The number of hydrogen-bond donors (Lipinski definition) is 3. The number of aliphatic hydroxyl groups excluding tert-OH is 3. The average Bonchev–Trinajstić information content (AvgIpc) is 3.29. The monoisotopic (exact) mass is 932 g/mol. The van der Waals surface area contributed by atoms with Crippen molar-refractivity contribution in [3.63, 3.8) is 0 Å². The normalized spacial score (nSPS) is 13.8. The van der Waals surface area contributed by atoms with E-state index in [0.29, 0.717) is 22.3 Å². The van der Waals surface area contributed by atoms with Gasteiger partial charge in [-0.3, -0.25) is 4.18 Å². The molecular formula is C54H57ClO8S2. The third-order valence-electron chi connectivity index (χ3n) is 9.96. The van der Waals surface area contributed by atoms with Crippen LogP contribution in [0.25, 0.3) is 24.3 Å². The molecule has 65 heavy (non-hydrogen) atoms. The Morgan fingerprint density at radius 3 is 0.985 bits per heavy atom. The van der Waals surface area contributed by atoms with Crippen LogP contribution in [-0.2, 0) is 23.4 Å². The summed E-state index contributed by atoms with van der Waals surface area (Å²) in [4.78, 5) is 0.194. The highest BCUT2D eigenvalue weighted by Crippen LogP contribution is 2.36. The highest BCUT2D eigenvalue weighted by molar-refractivity contribution is 8.13. The molecule has 4 atom stereocenters. The first-order valence-corrected chi connectivity index (χ1v) is 24.7. The molecule has 0 fully saturated rings. The van der Waals surface area contributed by atoms with Gasteiger partial charge in [-0.15, -0.1) is 0 Å². The van der Waals surface area contributed by atoms with Crippen LogP contribution < -0.4 is 0 Å². The average molecular weight is 934 g/mol. The molecule has 8 nitrogen and oxygen atoms in total. The fraction of sp³-hybridized carbons (Fsp3) is 0.185. The van der Waals surface area contributed by atoms with Gasteiger partial charge in [-0.1, -0.05) is 181 Å². The van der Waals surface area contributed by atoms with Gasteiger partial charge in [0, 0.05) is 10.7 Å². The van der Waals surface area contributed by atoms with Crippen molar-refractivity contribution in [2.45, 2.75) is 75.7 Å². The van der Waals surface area contributed by atoms with Gasteiger partial charge in [0.15, 0.2) is 0 Å². The Hall–Kier alpha value is -5.69. The summed E-state index contributed by atoms with van der Waals surface area (Å²) in [5.74, 6) is 0. The van der Waals surface area contributed by atoms with Crippen LogP contribution in [0.1, 0.15) is 108 Å². The Morgan fingerprint density at radius 1 is 0.415 bits per heavy atom. The zero-order valence-electron chi connectivity index (χ0n) is 37.4. The van der Waals surface area contributed by atoms with Gasteiger partial charge in [0.1, 0.15) is 24.4 Å².